The molecule has 7 heteroatoms. The van der Waals surface area contributed by atoms with E-state index in [-0.39, 0.29) is 40.1 Å². The molecule has 2 unspecified atom stereocenters. The third-order valence-electron chi connectivity index (χ3n) is 9.74. The number of unbranched alkanes of at least 4 members (excludes halogenated alkanes) is 3. The molecule has 43 heavy (non-hydrogen) atoms. The predicted molar refractivity (Wildman–Crippen MR) is 187 cm³/mol. The standard InChI is InChI=1S/C36H66O5Si2/c1-13-15-19-22-29(40-42(9,10)35(3,4)5)25-26-31-30(23-20-17-18-21-24-34(38)39-27-16-14-2)32(37)28-33(31)41-43(11,12)36(6,7)8/h14,16-17,20,25-26,29-31,33H,13,15,18-19,21-24,27-28H2,1-12H3/t29?,30-,31-,33?/m1/s1. The van der Waals surface area contributed by atoms with Gasteiger partial charge in [0.15, 0.2) is 16.6 Å². The maximum Gasteiger partial charge on any atom is 0.306 e. The quantitative estimate of drug-likeness (QED) is 0.0650. The van der Waals surface area contributed by atoms with E-state index < -0.39 is 16.6 Å². The van der Waals surface area contributed by atoms with E-state index in [1.165, 1.54) is 12.8 Å². The monoisotopic (exact) mass is 634 g/mol. The SMILES string of the molecule is CC=CCOC(=O)CCCC=CC[C@H]1C(=O)CC(O[Si](C)(C)C(C)(C)C)[C@@H]1C=CC(CCCCC)O[Si](C)(C)C(C)(C)C. The Balaban J connectivity index is 3.13. The Morgan fingerprint density at radius 2 is 1.60 bits per heavy atom. The minimum Gasteiger partial charge on any atom is -0.461 e. The van der Waals surface area contributed by atoms with Gasteiger partial charge in [0.2, 0.25) is 0 Å². The zero-order chi connectivity index (χ0) is 32.9. The van der Waals surface area contributed by atoms with E-state index in [4.69, 9.17) is 13.6 Å². The second kappa shape index (κ2) is 18.0. The van der Waals surface area contributed by atoms with Crippen molar-refractivity contribution in [3.63, 3.8) is 0 Å². The first kappa shape index (κ1) is 39.7. The summed E-state index contributed by atoms with van der Waals surface area (Å²) in [5.41, 5.74) is 0. The Hall–Kier alpha value is -1.29. The van der Waals surface area contributed by atoms with Gasteiger partial charge >= 0.3 is 5.97 Å². The van der Waals surface area contributed by atoms with Gasteiger partial charge in [-0.05, 0) is 68.9 Å². The Labute approximate surface area is 267 Å². The van der Waals surface area contributed by atoms with E-state index in [1.807, 2.05) is 19.1 Å². The van der Waals surface area contributed by atoms with Gasteiger partial charge in [-0.2, -0.15) is 0 Å². The average molecular weight is 635 g/mol. The largest absolute Gasteiger partial charge is 0.461 e. The third kappa shape index (κ3) is 13.7. The molecule has 248 valence electrons. The number of hydrogen-bond acceptors (Lipinski definition) is 5. The van der Waals surface area contributed by atoms with Gasteiger partial charge in [-0.25, -0.2) is 0 Å². The summed E-state index contributed by atoms with van der Waals surface area (Å²) in [5, 5.41) is 0.210. The number of ketones is 1. The lowest BCUT2D eigenvalue weighted by atomic mass is 9.90. The fourth-order valence-corrected chi connectivity index (χ4v) is 7.47. The van der Waals surface area contributed by atoms with Crippen LogP contribution in [0.25, 0.3) is 0 Å². The molecule has 0 aliphatic heterocycles. The number of hydrogen-bond donors (Lipinski definition) is 0. The highest BCUT2D eigenvalue weighted by Gasteiger charge is 2.47. The van der Waals surface area contributed by atoms with Crippen molar-refractivity contribution in [1.82, 2.24) is 0 Å². The first-order valence-electron chi connectivity index (χ1n) is 16.8. The van der Waals surface area contributed by atoms with Gasteiger partial charge < -0.3 is 13.6 Å². The lowest BCUT2D eigenvalue weighted by Gasteiger charge is -2.40. The van der Waals surface area contributed by atoms with Crippen molar-refractivity contribution in [2.75, 3.05) is 6.61 Å². The zero-order valence-electron chi connectivity index (χ0n) is 29.9. The Morgan fingerprint density at radius 1 is 0.953 bits per heavy atom. The summed E-state index contributed by atoms with van der Waals surface area (Å²) >= 11 is 0. The molecular weight excluding hydrogens is 569 g/mol. The second-order valence-electron chi connectivity index (χ2n) is 15.4. The molecule has 0 spiro atoms. The number of esters is 1. The van der Waals surface area contributed by atoms with Gasteiger partial charge in [-0.3, -0.25) is 9.59 Å². The van der Waals surface area contributed by atoms with Crippen LogP contribution in [0.4, 0.5) is 0 Å². The summed E-state index contributed by atoms with van der Waals surface area (Å²) in [6, 6.07) is 0. The molecule has 4 atom stereocenters. The van der Waals surface area contributed by atoms with Crippen LogP contribution in [0, 0.1) is 11.8 Å². The molecule has 0 aromatic rings. The normalized spacial score (nSPS) is 21.5. The minimum absolute atomic E-state index is 0.0320. The van der Waals surface area contributed by atoms with Gasteiger partial charge in [0.25, 0.3) is 0 Å². The highest BCUT2D eigenvalue weighted by atomic mass is 28.4. The van der Waals surface area contributed by atoms with Crippen molar-refractivity contribution in [3.8, 4) is 0 Å². The molecular formula is C36H66O5Si2. The summed E-state index contributed by atoms with van der Waals surface area (Å²) in [6.45, 7) is 27.3. The number of ether oxygens (including phenoxy) is 1. The molecule has 0 saturated heterocycles. The number of carbonyl (C=O) groups excluding carboxylic acids is 2. The Bertz CT molecular complexity index is 936. The van der Waals surface area contributed by atoms with Crippen molar-refractivity contribution in [2.24, 2.45) is 11.8 Å². The first-order valence-corrected chi connectivity index (χ1v) is 22.7. The fourth-order valence-electron chi connectivity index (χ4n) is 4.81. The number of rotatable bonds is 18. The molecule has 0 aromatic heterocycles. The first-order chi connectivity index (χ1) is 19.9. The number of carbonyl (C=O) groups is 2. The van der Waals surface area contributed by atoms with Gasteiger partial charge in [-0.15, -0.1) is 0 Å². The smallest absolute Gasteiger partial charge is 0.306 e. The van der Waals surface area contributed by atoms with Crippen LogP contribution in [0.1, 0.15) is 113 Å². The highest BCUT2D eigenvalue weighted by molar-refractivity contribution is 6.74. The molecule has 0 bridgehead atoms. The molecule has 0 N–H and O–H groups in total. The number of allylic oxidation sites excluding steroid dienone is 3. The molecule has 0 radical (unpaired) electrons. The van der Waals surface area contributed by atoms with Crippen LogP contribution >= 0.6 is 0 Å². The minimum atomic E-state index is -2.06. The lowest BCUT2D eigenvalue weighted by molar-refractivity contribution is -0.142. The molecule has 1 fully saturated rings. The molecule has 1 saturated carbocycles. The predicted octanol–water partition coefficient (Wildman–Crippen LogP) is 10.3. The van der Waals surface area contributed by atoms with Crippen molar-refractivity contribution in [3.05, 3.63) is 36.5 Å². The van der Waals surface area contributed by atoms with Crippen LogP contribution in [0.15, 0.2) is 36.5 Å². The van der Waals surface area contributed by atoms with Crippen molar-refractivity contribution < 1.29 is 23.2 Å². The van der Waals surface area contributed by atoms with Crippen LogP contribution in [-0.2, 0) is 23.2 Å². The van der Waals surface area contributed by atoms with E-state index >= 15 is 0 Å². The second-order valence-corrected chi connectivity index (χ2v) is 24.9. The van der Waals surface area contributed by atoms with Crippen molar-refractivity contribution in [1.29, 1.82) is 0 Å². The maximum absolute atomic E-state index is 13.5. The summed E-state index contributed by atoms with van der Waals surface area (Å²) in [7, 11) is -4.02. The van der Waals surface area contributed by atoms with E-state index in [0.29, 0.717) is 31.7 Å². The van der Waals surface area contributed by atoms with Crippen molar-refractivity contribution in [2.45, 2.75) is 162 Å². The molecule has 1 aliphatic rings. The van der Waals surface area contributed by atoms with Crippen LogP contribution in [-0.4, -0.2) is 47.2 Å². The summed E-state index contributed by atoms with van der Waals surface area (Å²) in [4.78, 5) is 25.3. The van der Waals surface area contributed by atoms with Crippen LogP contribution in [0.3, 0.4) is 0 Å². The van der Waals surface area contributed by atoms with E-state index in [9.17, 15) is 9.59 Å². The van der Waals surface area contributed by atoms with Gasteiger partial charge in [0, 0.05) is 24.7 Å². The summed E-state index contributed by atoms with van der Waals surface area (Å²) in [6.07, 6.45) is 20.1. The topological polar surface area (TPSA) is 61.8 Å². The van der Waals surface area contributed by atoms with Crippen molar-refractivity contribution >= 4 is 28.4 Å². The molecule has 1 rings (SSSR count). The molecule has 0 amide bonds. The third-order valence-corrected chi connectivity index (χ3v) is 18.7. The molecule has 5 nitrogen and oxygen atoms in total. The zero-order valence-corrected chi connectivity index (χ0v) is 31.9. The van der Waals surface area contributed by atoms with Gasteiger partial charge in [0.05, 0.1) is 12.2 Å². The van der Waals surface area contributed by atoms with E-state index in [1.54, 1.807) is 0 Å². The highest BCUT2D eigenvalue weighted by Crippen LogP contribution is 2.43. The van der Waals surface area contributed by atoms with E-state index in [0.717, 1.165) is 25.7 Å². The van der Waals surface area contributed by atoms with Crippen LogP contribution in [0.5, 0.6) is 0 Å². The molecule has 1 aliphatic carbocycles. The number of Topliss-reactive ketones (excluding diaryl/α,β-unsaturated/α-hetero) is 1. The fraction of sp³-hybridized carbons (Fsp3) is 0.778. The average Bonchev–Trinajstić information content (AvgIpc) is 3.16. The lowest BCUT2D eigenvalue weighted by Crippen LogP contribution is -2.45. The van der Waals surface area contributed by atoms with E-state index in [2.05, 4.69) is 99.0 Å². The Morgan fingerprint density at radius 3 is 2.19 bits per heavy atom. The Kier molecular flexibility index (Phi) is 16.6. The molecule has 0 aromatic carbocycles. The molecule has 0 heterocycles. The van der Waals surface area contributed by atoms with Gasteiger partial charge in [-0.1, -0.05) is 104 Å². The van der Waals surface area contributed by atoms with Crippen LogP contribution in [0.2, 0.25) is 36.3 Å². The maximum atomic E-state index is 13.5. The van der Waals surface area contributed by atoms with Gasteiger partial charge in [0.1, 0.15) is 12.4 Å². The van der Waals surface area contributed by atoms with Crippen LogP contribution < -0.4 is 0 Å². The summed E-state index contributed by atoms with van der Waals surface area (Å²) in [5.74, 6) is 0.0620. The summed E-state index contributed by atoms with van der Waals surface area (Å²) < 4.78 is 19.0.